The Bertz CT molecular complexity index is 867. The van der Waals surface area contributed by atoms with Gasteiger partial charge in [0.15, 0.2) is 17.8 Å². The van der Waals surface area contributed by atoms with Crippen molar-refractivity contribution in [1.82, 2.24) is 0 Å². The van der Waals surface area contributed by atoms with Crippen LogP contribution in [0, 0.1) is 0 Å². The normalized spacial score (nSPS) is 21.0. The number of rotatable bonds is 7. The van der Waals surface area contributed by atoms with Gasteiger partial charge in [-0.15, -0.1) is 0 Å². The summed E-state index contributed by atoms with van der Waals surface area (Å²) in [6.45, 7) is -0.0250. The van der Waals surface area contributed by atoms with E-state index in [1.807, 2.05) is 0 Å². The van der Waals surface area contributed by atoms with Gasteiger partial charge in [-0.1, -0.05) is 18.2 Å². The Morgan fingerprint density at radius 1 is 1.00 bits per heavy atom. The third-order valence-electron chi connectivity index (χ3n) is 4.62. The largest absolute Gasteiger partial charge is 0.493 e. The van der Waals surface area contributed by atoms with Crippen LogP contribution in [0.25, 0.3) is 0 Å². The third kappa shape index (κ3) is 5.56. The molecule has 1 aliphatic heterocycles. The molecule has 8 nitrogen and oxygen atoms in total. The van der Waals surface area contributed by atoms with E-state index in [0.29, 0.717) is 18.4 Å². The van der Waals surface area contributed by atoms with Gasteiger partial charge < -0.3 is 28.8 Å². The number of ether oxygens (including phenoxy) is 5. The molecular formula is C22H24O8. The lowest BCUT2D eigenvalue weighted by atomic mass is 10.1. The van der Waals surface area contributed by atoms with Crippen LogP contribution in [0.3, 0.4) is 0 Å². The molecule has 1 aliphatic rings. The van der Waals surface area contributed by atoms with E-state index in [9.17, 15) is 14.7 Å². The van der Waals surface area contributed by atoms with Gasteiger partial charge in [-0.3, -0.25) is 0 Å². The zero-order valence-electron chi connectivity index (χ0n) is 16.8. The zero-order valence-corrected chi connectivity index (χ0v) is 16.8. The lowest BCUT2D eigenvalue weighted by Gasteiger charge is -2.31. The van der Waals surface area contributed by atoms with Crippen molar-refractivity contribution < 1.29 is 38.4 Å². The standard InChI is InChI=1S/C22H24O8/c1-26-19-10-15(8-9-18(19)30-22(25)14-6-4-3-5-7-14)21(24)28-13-17-11-16(23)12-20(27-2)29-17/h3-10,16-17,20,23H,11-13H2,1-2H3. The summed E-state index contributed by atoms with van der Waals surface area (Å²) in [6, 6.07) is 12.9. The Morgan fingerprint density at radius 2 is 1.77 bits per heavy atom. The number of hydrogen-bond donors (Lipinski definition) is 1. The molecule has 3 rings (SSSR count). The lowest BCUT2D eigenvalue weighted by Crippen LogP contribution is -2.39. The Balaban J connectivity index is 1.62. The third-order valence-corrected chi connectivity index (χ3v) is 4.62. The molecule has 0 amide bonds. The zero-order chi connectivity index (χ0) is 21.5. The number of hydrogen-bond acceptors (Lipinski definition) is 8. The highest BCUT2D eigenvalue weighted by Crippen LogP contribution is 2.29. The first-order chi connectivity index (χ1) is 14.5. The fourth-order valence-electron chi connectivity index (χ4n) is 3.07. The van der Waals surface area contributed by atoms with E-state index < -0.39 is 30.4 Å². The molecular weight excluding hydrogens is 392 g/mol. The molecule has 30 heavy (non-hydrogen) atoms. The van der Waals surface area contributed by atoms with Gasteiger partial charge in [0.25, 0.3) is 0 Å². The van der Waals surface area contributed by atoms with Crippen molar-refractivity contribution in [3.05, 3.63) is 59.7 Å². The first kappa shape index (κ1) is 21.8. The molecule has 1 N–H and O–H groups in total. The summed E-state index contributed by atoms with van der Waals surface area (Å²) in [5.74, 6) is -0.723. The molecule has 0 spiro atoms. The minimum Gasteiger partial charge on any atom is -0.493 e. The second-order valence-corrected chi connectivity index (χ2v) is 6.77. The number of carbonyl (C=O) groups excluding carboxylic acids is 2. The highest BCUT2D eigenvalue weighted by Gasteiger charge is 2.29. The van der Waals surface area contributed by atoms with Crippen LogP contribution >= 0.6 is 0 Å². The first-order valence-electron chi connectivity index (χ1n) is 9.49. The molecule has 0 aromatic heterocycles. The fraction of sp³-hybridized carbons (Fsp3) is 0.364. The summed E-state index contributed by atoms with van der Waals surface area (Å²) in [4.78, 5) is 24.7. The minimum absolute atomic E-state index is 0.0250. The van der Waals surface area contributed by atoms with Gasteiger partial charge in [0.2, 0.25) is 0 Å². The topological polar surface area (TPSA) is 101 Å². The monoisotopic (exact) mass is 416 g/mol. The van der Waals surface area contributed by atoms with Crippen LogP contribution < -0.4 is 9.47 Å². The van der Waals surface area contributed by atoms with Crippen LogP contribution in [0.2, 0.25) is 0 Å². The molecule has 0 saturated carbocycles. The molecule has 0 radical (unpaired) electrons. The fourth-order valence-corrected chi connectivity index (χ4v) is 3.07. The van der Waals surface area contributed by atoms with Crippen LogP contribution in [-0.4, -0.2) is 56.4 Å². The van der Waals surface area contributed by atoms with Crippen molar-refractivity contribution >= 4 is 11.9 Å². The summed E-state index contributed by atoms with van der Waals surface area (Å²) in [7, 11) is 2.90. The molecule has 3 unspecified atom stereocenters. The first-order valence-corrected chi connectivity index (χ1v) is 9.49. The van der Waals surface area contributed by atoms with Crippen LogP contribution in [-0.2, 0) is 14.2 Å². The van der Waals surface area contributed by atoms with E-state index >= 15 is 0 Å². The summed E-state index contributed by atoms with van der Waals surface area (Å²) < 4.78 is 26.6. The number of methoxy groups -OCH3 is 2. The summed E-state index contributed by atoms with van der Waals surface area (Å²) in [6.07, 6.45) is -0.843. The predicted octanol–water partition coefficient (Wildman–Crippen LogP) is 2.58. The van der Waals surface area contributed by atoms with Gasteiger partial charge in [0.1, 0.15) is 6.61 Å². The Labute approximate surface area is 174 Å². The van der Waals surface area contributed by atoms with E-state index in [1.54, 1.807) is 30.3 Å². The maximum atomic E-state index is 12.4. The van der Waals surface area contributed by atoms with Crippen LogP contribution in [0.1, 0.15) is 33.6 Å². The smallest absolute Gasteiger partial charge is 0.343 e. The van der Waals surface area contributed by atoms with Crippen molar-refractivity contribution in [1.29, 1.82) is 0 Å². The van der Waals surface area contributed by atoms with Gasteiger partial charge in [-0.05, 0) is 30.3 Å². The number of esters is 2. The minimum atomic E-state index is -0.591. The number of benzene rings is 2. The second-order valence-electron chi connectivity index (χ2n) is 6.77. The number of aliphatic hydroxyl groups excluding tert-OH is 1. The highest BCUT2D eigenvalue weighted by molar-refractivity contribution is 5.92. The molecule has 1 saturated heterocycles. The molecule has 1 fully saturated rings. The van der Waals surface area contributed by atoms with E-state index in [2.05, 4.69) is 0 Å². The van der Waals surface area contributed by atoms with Crippen molar-refractivity contribution in [3.63, 3.8) is 0 Å². The SMILES string of the molecule is COc1cc(C(=O)OCC2CC(O)CC(OC)O2)ccc1OC(=O)c1ccccc1. The summed E-state index contributed by atoms with van der Waals surface area (Å²) in [5, 5.41) is 9.86. The van der Waals surface area contributed by atoms with Crippen molar-refractivity contribution in [2.24, 2.45) is 0 Å². The molecule has 160 valence electrons. The molecule has 2 aromatic carbocycles. The molecule has 0 bridgehead atoms. The van der Waals surface area contributed by atoms with E-state index in [0.717, 1.165) is 0 Å². The van der Waals surface area contributed by atoms with Gasteiger partial charge in [0, 0.05) is 20.0 Å². The highest BCUT2D eigenvalue weighted by atomic mass is 16.7. The quantitative estimate of drug-likeness (QED) is 0.543. The predicted molar refractivity (Wildman–Crippen MR) is 106 cm³/mol. The number of aliphatic hydroxyl groups is 1. The van der Waals surface area contributed by atoms with E-state index in [-0.39, 0.29) is 23.7 Å². The van der Waals surface area contributed by atoms with Gasteiger partial charge >= 0.3 is 11.9 Å². The molecule has 8 heteroatoms. The van der Waals surface area contributed by atoms with E-state index in [4.69, 9.17) is 23.7 Å². The van der Waals surface area contributed by atoms with Crippen LogP contribution in [0.15, 0.2) is 48.5 Å². The average Bonchev–Trinajstić information content (AvgIpc) is 2.77. The maximum absolute atomic E-state index is 12.4. The summed E-state index contributed by atoms with van der Waals surface area (Å²) >= 11 is 0. The number of carbonyl (C=O) groups is 2. The van der Waals surface area contributed by atoms with Crippen LogP contribution in [0.4, 0.5) is 0 Å². The van der Waals surface area contributed by atoms with Crippen molar-refractivity contribution in [2.75, 3.05) is 20.8 Å². The molecule has 2 aromatic rings. The van der Waals surface area contributed by atoms with E-state index in [1.165, 1.54) is 32.4 Å². The molecule has 1 heterocycles. The molecule has 3 atom stereocenters. The van der Waals surface area contributed by atoms with Gasteiger partial charge in [-0.25, -0.2) is 9.59 Å². The van der Waals surface area contributed by atoms with Gasteiger partial charge in [0.05, 0.1) is 30.4 Å². The van der Waals surface area contributed by atoms with Crippen molar-refractivity contribution in [3.8, 4) is 11.5 Å². The Kier molecular flexibility index (Phi) is 7.40. The average molecular weight is 416 g/mol. The van der Waals surface area contributed by atoms with Crippen LogP contribution in [0.5, 0.6) is 11.5 Å². The lowest BCUT2D eigenvalue weighted by molar-refractivity contribution is -0.210. The second kappa shape index (κ2) is 10.2. The molecule has 0 aliphatic carbocycles. The Hall–Kier alpha value is -2.94. The van der Waals surface area contributed by atoms with Gasteiger partial charge in [-0.2, -0.15) is 0 Å². The summed E-state index contributed by atoms with van der Waals surface area (Å²) in [5.41, 5.74) is 0.623. The van der Waals surface area contributed by atoms with Crippen molar-refractivity contribution in [2.45, 2.75) is 31.3 Å². The maximum Gasteiger partial charge on any atom is 0.343 e. The Morgan fingerprint density at radius 3 is 2.47 bits per heavy atom.